The molecule has 0 aliphatic rings. The van der Waals surface area contributed by atoms with E-state index in [4.69, 9.17) is 14.2 Å². The van der Waals surface area contributed by atoms with Gasteiger partial charge in [0.2, 0.25) is 0 Å². The highest BCUT2D eigenvalue weighted by molar-refractivity contribution is 9.10. The Labute approximate surface area is 155 Å². The highest BCUT2D eigenvalue weighted by Gasteiger charge is 2.07. The molecule has 25 heavy (non-hydrogen) atoms. The normalized spacial score (nSPS) is 10.7. The molecule has 0 aromatic heterocycles. The van der Waals surface area contributed by atoms with Crippen LogP contribution in [0.2, 0.25) is 0 Å². The van der Waals surface area contributed by atoms with Gasteiger partial charge in [-0.3, -0.25) is 0 Å². The fourth-order valence-corrected chi connectivity index (χ4v) is 2.52. The molecule has 0 bridgehead atoms. The fourth-order valence-electron chi connectivity index (χ4n) is 2.06. The second-order valence-electron chi connectivity index (χ2n) is 5.22. The van der Waals surface area contributed by atoms with Crippen LogP contribution in [0.1, 0.15) is 11.1 Å². The zero-order valence-corrected chi connectivity index (χ0v) is 15.6. The van der Waals surface area contributed by atoms with E-state index in [1.807, 2.05) is 31.2 Å². The van der Waals surface area contributed by atoms with Gasteiger partial charge in [0.25, 0.3) is 0 Å². The summed E-state index contributed by atoms with van der Waals surface area (Å²) >= 11 is 3.23. The molecule has 0 unspecified atom stereocenters. The van der Waals surface area contributed by atoms with E-state index in [-0.39, 0.29) is 19.0 Å². The van der Waals surface area contributed by atoms with Crippen LogP contribution in [-0.4, -0.2) is 31.4 Å². The van der Waals surface area contributed by atoms with Crippen LogP contribution in [0, 0.1) is 6.92 Å². The maximum atomic E-state index is 11.7. The third kappa shape index (κ3) is 5.83. The van der Waals surface area contributed by atoms with E-state index in [0.29, 0.717) is 15.8 Å². The van der Waals surface area contributed by atoms with Crippen LogP contribution in [-0.2, 0) is 9.53 Å². The minimum absolute atomic E-state index is 0.00974. The van der Waals surface area contributed by atoms with Crippen LogP contribution >= 0.6 is 15.9 Å². The predicted octanol–water partition coefficient (Wildman–Crippen LogP) is 4.11. The van der Waals surface area contributed by atoms with Gasteiger partial charge in [-0.15, -0.1) is 0 Å². The van der Waals surface area contributed by atoms with Crippen molar-refractivity contribution in [1.82, 2.24) is 0 Å². The van der Waals surface area contributed by atoms with Gasteiger partial charge in [0.1, 0.15) is 19.0 Å². The topological polar surface area (TPSA) is 65.0 Å². The molecule has 0 heterocycles. The monoisotopic (exact) mass is 406 g/mol. The number of hydrogen-bond acceptors (Lipinski definition) is 5. The average Bonchev–Trinajstić information content (AvgIpc) is 2.59. The SMILES string of the molecule is COc1cc(/C=C/C(=O)OCCOc2cccc(C)c2)cc(Br)c1O. The zero-order chi connectivity index (χ0) is 18.2. The number of halogens is 1. The molecule has 0 radical (unpaired) electrons. The highest BCUT2D eigenvalue weighted by atomic mass is 79.9. The van der Waals surface area contributed by atoms with Crippen molar-refractivity contribution in [3.05, 3.63) is 58.1 Å². The number of esters is 1. The first-order valence-corrected chi connectivity index (χ1v) is 8.39. The number of benzene rings is 2. The Kier molecular flexibility index (Phi) is 6.89. The van der Waals surface area contributed by atoms with E-state index < -0.39 is 5.97 Å². The van der Waals surface area contributed by atoms with Crippen molar-refractivity contribution < 1.29 is 24.1 Å². The molecule has 0 atom stereocenters. The first-order valence-electron chi connectivity index (χ1n) is 7.60. The number of rotatable bonds is 7. The Balaban J connectivity index is 1.82. The summed E-state index contributed by atoms with van der Waals surface area (Å²) in [6.45, 7) is 2.41. The standard InChI is InChI=1S/C19H19BrO5/c1-13-4-3-5-15(10-13)24-8-9-25-18(21)7-6-14-11-16(20)19(22)17(12-14)23-2/h3-7,10-12,22H,8-9H2,1-2H3/b7-6+. The number of methoxy groups -OCH3 is 1. The number of hydrogen-bond donors (Lipinski definition) is 1. The molecule has 0 amide bonds. The number of phenolic OH excluding ortho intramolecular Hbond substituents is 1. The Morgan fingerprint density at radius 3 is 2.76 bits per heavy atom. The van der Waals surface area contributed by atoms with E-state index >= 15 is 0 Å². The molecule has 2 aromatic rings. The smallest absolute Gasteiger partial charge is 0.330 e. The summed E-state index contributed by atoms with van der Waals surface area (Å²) in [7, 11) is 1.46. The van der Waals surface area contributed by atoms with Crippen LogP contribution in [0.15, 0.2) is 46.9 Å². The lowest BCUT2D eigenvalue weighted by atomic mass is 10.2. The summed E-state index contributed by atoms with van der Waals surface area (Å²) in [5, 5.41) is 9.75. The van der Waals surface area contributed by atoms with Gasteiger partial charge in [-0.05, 0) is 64.3 Å². The van der Waals surface area contributed by atoms with Crippen molar-refractivity contribution in [2.24, 2.45) is 0 Å². The van der Waals surface area contributed by atoms with Gasteiger partial charge in [0.05, 0.1) is 11.6 Å². The Morgan fingerprint density at radius 2 is 2.04 bits per heavy atom. The third-order valence-electron chi connectivity index (χ3n) is 3.27. The second kappa shape index (κ2) is 9.13. The van der Waals surface area contributed by atoms with E-state index in [0.717, 1.165) is 11.3 Å². The molecule has 1 N–H and O–H groups in total. The molecule has 0 spiro atoms. The molecule has 0 saturated carbocycles. The van der Waals surface area contributed by atoms with E-state index in [2.05, 4.69) is 15.9 Å². The first kappa shape index (κ1) is 18.9. The molecular weight excluding hydrogens is 388 g/mol. The molecule has 132 valence electrons. The Hall–Kier alpha value is -2.47. The maximum Gasteiger partial charge on any atom is 0.330 e. The number of phenols is 1. The van der Waals surface area contributed by atoms with Gasteiger partial charge in [-0.2, -0.15) is 0 Å². The van der Waals surface area contributed by atoms with Crippen molar-refractivity contribution in [3.63, 3.8) is 0 Å². The summed E-state index contributed by atoms with van der Waals surface area (Å²) in [5.74, 6) is 0.591. The fraction of sp³-hybridized carbons (Fsp3) is 0.211. The lowest BCUT2D eigenvalue weighted by Crippen LogP contribution is -2.10. The molecule has 6 heteroatoms. The van der Waals surface area contributed by atoms with Gasteiger partial charge in [-0.25, -0.2) is 4.79 Å². The lowest BCUT2D eigenvalue weighted by Gasteiger charge is -2.07. The number of aromatic hydroxyl groups is 1. The first-order chi connectivity index (χ1) is 12.0. The molecular formula is C19H19BrO5. The van der Waals surface area contributed by atoms with Gasteiger partial charge in [-0.1, -0.05) is 12.1 Å². The van der Waals surface area contributed by atoms with Crippen LogP contribution in [0.4, 0.5) is 0 Å². The summed E-state index contributed by atoms with van der Waals surface area (Å²) in [4.78, 5) is 11.7. The maximum absolute atomic E-state index is 11.7. The average molecular weight is 407 g/mol. The number of carbonyl (C=O) groups excluding carboxylic acids is 1. The summed E-state index contributed by atoms with van der Waals surface area (Å²) in [5.41, 5.74) is 1.79. The van der Waals surface area contributed by atoms with Crippen LogP contribution in [0.5, 0.6) is 17.2 Å². The largest absolute Gasteiger partial charge is 0.503 e. The summed E-state index contributed by atoms with van der Waals surface area (Å²) < 4.78 is 16.1. The van der Waals surface area contributed by atoms with E-state index in [1.54, 1.807) is 18.2 Å². The van der Waals surface area contributed by atoms with Crippen LogP contribution < -0.4 is 9.47 Å². The van der Waals surface area contributed by atoms with Gasteiger partial charge in [0, 0.05) is 6.08 Å². The van der Waals surface area contributed by atoms with Gasteiger partial charge in [0.15, 0.2) is 11.5 Å². The molecule has 0 saturated heterocycles. The van der Waals surface area contributed by atoms with Crippen molar-refractivity contribution >= 4 is 28.0 Å². The van der Waals surface area contributed by atoms with E-state index in [9.17, 15) is 9.90 Å². The zero-order valence-electron chi connectivity index (χ0n) is 14.0. The van der Waals surface area contributed by atoms with E-state index in [1.165, 1.54) is 13.2 Å². The Bertz CT molecular complexity index is 770. The second-order valence-corrected chi connectivity index (χ2v) is 6.07. The Morgan fingerprint density at radius 1 is 1.24 bits per heavy atom. The molecule has 2 rings (SSSR count). The predicted molar refractivity (Wildman–Crippen MR) is 99.0 cm³/mol. The number of aryl methyl sites for hydroxylation is 1. The molecule has 5 nitrogen and oxygen atoms in total. The van der Waals surface area contributed by atoms with Crippen molar-refractivity contribution in [1.29, 1.82) is 0 Å². The third-order valence-corrected chi connectivity index (χ3v) is 3.87. The number of carbonyl (C=O) groups is 1. The van der Waals surface area contributed by atoms with Gasteiger partial charge < -0.3 is 19.3 Å². The molecule has 0 fully saturated rings. The van der Waals surface area contributed by atoms with Crippen molar-refractivity contribution in [3.8, 4) is 17.2 Å². The van der Waals surface area contributed by atoms with Crippen molar-refractivity contribution in [2.45, 2.75) is 6.92 Å². The minimum atomic E-state index is -0.476. The molecule has 0 aliphatic carbocycles. The van der Waals surface area contributed by atoms with Gasteiger partial charge >= 0.3 is 5.97 Å². The summed E-state index contributed by atoms with van der Waals surface area (Å²) in [6, 6.07) is 10.9. The van der Waals surface area contributed by atoms with Crippen LogP contribution in [0.25, 0.3) is 6.08 Å². The van der Waals surface area contributed by atoms with Crippen molar-refractivity contribution in [2.75, 3.05) is 20.3 Å². The molecule has 0 aliphatic heterocycles. The number of ether oxygens (including phenoxy) is 3. The lowest BCUT2D eigenvalue weighted by molar-refractivity contribution is -0.138. The highest BCUT2D eigenvalue weighted by Crippen LogP contribution is 2.35. The van der Waals surface area contributed by atoms with Crippen LogP contribution in [0.3, 0.4) is 0 Å². The quantitative estimate of drug-likeness (QED) is 0.425. The minimum Gasteiger partial charge on any atom is -0.503 e. The summed E-state index contributed by atoms with van der Waals surface area (Å²) in [6.07, 6.45) is 2.89. The molecule has 2 aromatic carbocycles.